The Morgan fingerprint density at radius 1 is 0.864 bits per heavy atom. The SMILES string of the molecule is COc1cc2c3ccccc3c3sc(C)nc3c2cc1OC. The van der Waals surface area contributed by atoms with E-state index in [1.165, 1.54) is 15.5 Å². The van der Waals surface area contributed by atoms with Crippen LogP contribution in [0.4, 0.5) is 0 Å². The molecular formula is C18H15NO2S. The van der Waals surface area contributed by atoms with E-state index in [-0.39, 0.29) is 0 Å². The van der Waals surface area contributed by atoms with Gasteiger partial charge < -0.3 is 9.47 Å². The molecule has 0 saturated carbocycles. The Morgan fingerprint density at radius 2 is 1.50 bits per heavy atom. The van der Waals surface area contributed by atoms with Crippen molar-refractivity contribution in [3.8, 4) is 11.5 Å². The molecule has 0 N–H and O–H groups in total. The van der Waals surface area contributed by atoms with Gasteiger partial charge in [0.15, 0.2) is 11.5 Å². The van der Waals surface area contributed by atoms with Crippen LogP contribution in [0.25, 0.3) is 31.8 Å². The second-order valence-corrected chi connectivity index (χ2v) is 6.41. The number of benzene rings is 3. The van der Waals surface area contributed by atoms with E-state index in [1.807, 2.05) is 19.1 Å². The molecule has 4 rings (SSSR count). The molecule has 0 bridgehead atoms. The van der Waals surface area contributed by atoms with E-state index in [9.17, 15) is 0 Å². The third-order valence-corrected chi connectivity index (χ3v) is 4.98. The van der Waals surface area contributed by atoms with Crippen molar-refractivity contribution in [1.82, 2.24) is 4.98 Å². The Morgan fingerprint density at radius 3 is 2.18 bits per heavy atom. The molecule has 0 aliphatic heterocycles. The van der Waals surface area contributed by atoms with E-state index in [2.05, 4.69) is 24.3 Å². The lowest BCUT2D eigenvalue weighted by Crippen LogP contribution is -1.91. The number of thiazole rings is 1. The number of hydrogen-bond acceptors (Lipinski definition) is 4. The molecule has 0 amide bonds. The normalized spacial score (nSPS) is 11.4. The minimum absolute atomic E-state index is 0.734. The first kappa shape index (κ1) is 13.3. The third kappa shape index (κ3) is 1.77. The Hall–Kier alpha value is -2.33. The number of fused-ring (bicyclic) bond motifs is 6. The van der Waals surface area contributed by atoms with Gasteiger partial charge in [0.1, 0.15) is 0 Å². The van der Waals surface area contributed by atoms with Gasteiger partial charge in [-0.1, -0.05) is 24.3 Å². The molecule has 0 spiro atoms. The van der Waals surface area contributed by atoms with E-state index in [1.54, 1.807) is 25.6 Å². The van der Waals surface area contributed by atoms with E-state index in [0.29, 0.717) is 0 Å². The number of methoxy groups -OCH3 is 2. The smallest absolute Gasteiger partial charge is 0.161 e. The highest BCUT2D eigenvalue weighted by atomic mass is 32.1. The molecule has 22 heavy (non-hydrogen) atoms. The van der Waals surface area contributed by atoms with E-state index in [0.717, 1.165) is 32.8 Å². The molecule has 1 heterocycles. The zero-order valence-electron chi connectivity index (χ0n) is 12.6. The summed E-state index contributed by atoms with van der Waals surface area (Å²) in [5.74, 6) is 1.48. The number of nitrogens with zero attached hydrogens (tertiary/aromatic N) is 1. The van der Waals surface area contributed by atoms with Crippen LogP contribution in [0.15, 0.2) is 36.4 Å². The molecule has 4 heteroatoms. The number of aryl methyl sites for hydroxylation is 1. The maximum absolute atomic E-state index is 5.47. The van der Waals surface area contributed by atoms with Crippen LogP contribution < -0.4 is 9.47 Å². The summed E-state index contributed by atoms with van der Waals surface area (Å²) in [6.07, 6.45) is 0. The van der Waals surface area contributed by atoms with Crippen molar-refractivity contribution in [3.63, 3.8) is 0 Å². The standard InChI is InChI=1S/C18H15NO2S/c1-10-19-17-14-9-16(21-3)15(20-2)8-13(14)11-6-4-5-7-12(11)18(17)22-10/h4-9H,1-3H3. The summed E-state index contributed by atoms with van der Waals surface area (Å²) in [5, 5.41) is 5.78. The zero-order valence-corrected chi connectivity index (χ0v) is 13.5. The highest BCUT2D eigenvalue weighted by molar-refractivity contribution is 7.19. The number of aromatic nitrogens is 1. The molecule has 3 nitrogen and oxygen atoms in total. The van der Waals surface area contributed by atoms with Gasteiger partial charge in [0.05, 0.1) is 29.4 Å². The minimum atomic E-state index is 0.734. The fraction of sp³-hybridized carbons (Fsp3) is 0.167. The molecule has 0 atom stereocenters. The monoisotopic (exact) mass is 309 g/mol. The summed E-state index contributed by atoms with van der Waals surface area (Å²) in [6, 6.07) is 12.5. The highest BCUT2D eigenvalue weighted by Crippen LogP contribution is 2.42. The van der Waals surface area contributed by atoms with Gasteiger partial charge in [0.2, 0.25) is 0 Å². The topological polar surface area (TPSA) is 31.4 Å². The zero-order chi connectivity index (χ0) is 15.3. The Bertz CT molecular complexity index is 1020. The van der Waals surface area contributed by atoms with Crippen molar-refractivity contribution in [3.05, 3.63) is 41.4 Å². The molecular weight excluding hydrogens is 294 g/mol. The van der Waals surface area contributed by atoms with Crippen molar-refractivity contribution in [2.45, 2.75) is 6.92 Å². The van der Waals surface area contributed by atoms with Gasteiger partial charge in [-0.3, -0.25) is 0 Å². The fourth-order valence-electron chi connectivity index (χ4n) is 3.01. The van der Waals surface area contributed by atoms with Gasteiger partial charge >= 0.3 is 0 Å². The van der Waals surface area contributed by atoms with Crippen LogP contribution in [-0.4, -0.2) is 19.2 Å². The van der Waals surface area contributed by atoms with Crippen molar-refractivity contribution in [2.24, 2.45) is 0 Å². The molecule has 1 aromatic heterocycles. The predicted molar refractivity (Wildman–Crippen MR) is 92.5 cm³/mol. The van der Waals surface area contributed by atoms with Crippen molar-refractivity contribution < 1.29 is 9.47 Å². The molecule has 0 saturated heterocycles. The molecule has 0 unspecified atom stereocenters. The lowest BCUT2D eigenvalue weighted by Gasteiger charge is -2.11. The Balaban J connectivity index is 2.31. The van der Waals surface area contributed by atoms with Crippen LogP contribution in [0.3, 0.4) is 0 Å². The largest absolute Gasteiger partial charge is 0.493 e. The third-order valence-electron chi connectivity index (χ3n) is 3.97. The Kier molecular flexibility index (Phi) is 2.94. The van der Waals surface area contributed by atoms with Crippen LogP contribution in [0.2, 0.25) is 0 Å². The maximum Gasteiger partial charge on any atom is 0.161 e. The molecule has 0 radical (unpaired) electrons. The molecule has 0 aliphatic carbocycles. The van der Waals surface area contributed by atoms with Crippen LogP contribution in [0, 0.1) is 6.92 Å². The fourth-order valence-corrected chi connectivity index (χ4v) is 3.98. The van der Waals surface area contributed by atoms with Crippen LogP contribution in [-0.2, 0) is 0 Å². The van der Waals surface area contributed by atoms with E-state index in [4.69, 9.17) is 14.5 Å². The summed E-state index contributed by atoms with van der Waals surface area (Å²) < 4.78 is 12.2. The summed E-state index contributed by atoms with van der Waals surface area (Å²) >= 11 is 1.74. The first-order chi connectivity index (χ1) is 10.7. The van der Waals surface area contributed by atoms with Gasteiger partial charge in [-0.05, 0) is 29.8 Å². The first-order valence-corrected chi connectivity index (χ1v) is 7.88. The van der Waals surface area contributed by atoms with Crippen LogP contribution in [0.5, 0.6) is 11.5 Å². The second kappa shape index (κ2) is 4.85. The highest BCUT2D eigenvalue weighted by Gasteiger charge is 2.15. The van der Waals surface area contributed by atoms with Gasteiger partial charge in [-0.15, -0.1) is 11.3 Å². The van der Waals surface area contributed by atoms with Gasteiger partial charge in [0, 0.05) is 10.8 Å². The number of hydrogen-bond donors (Lipinski definition) is 0. The van der Waals surface area contributed by atoms with E-state index < -0.39 is 0 Å². The summed E-state index contributed by atoms with van der Waals surface area (Å²) in [6.45, 7) is 2.05. The summed E-state index contributed by atoms with van der Waals surface area (Å²) in [7, 11) is 3.33. The van der Waals surface area contributed by atoms with Gasteiger partial charge in [0.25, 0.3) is 0 Å². The van der Waals surface area contributed by atoms with Crippen LogP contribution >= 0.6 is 11.3 Å². The maximum atomic E-state index is 5.47. The molecule has 0 aliphatic rings. The average molecular weight is 309 g/mol. The molecule has 110 valence electrons. The molecule has 4 aromatic rings. The number of ether oxygens (including phenoxy) is 2. The van der Waals surface area contributed by atoms with E-state index >= 15 is 0 Å². The van der Waals surface area contributed by atoms with Crippen molar-refractivity contribution in [2.75, 3.05) is 14.2 Å². The summed E-state index contributed by atoms with van der Waals surface area (Å²) in [4.78, 5) is 4.74. The average Bonchev–Trinajstić information content (AvgIpc) is 2.95. The minimum Gasteiger partial charge on any atom is -0.493 e. The van der Waals surface area contributed by atoms with Crippen molar-refractivity contribution >= 4 is 43.1 Å². The molecule has 0 fully saturated rings. The Labute approximate surface area is 132 Å². The van der Waals surface area contributed by atoms with Crippen molar-refractivity contribution in [1.29, 1.82) is 0 Å². The van der Waals surface area contributed by atoms with Gasteiger partial charge in [-0.25, -0.2) is 4.98 Å². The quantitative estimate of drug-likeness (QED) is 0.492. The predicted octanol–water partition coefficient (Wildman–Crippen LogP) is 4.93. The summed E-state index contributed by atoms with van der Waals surface area (Å²) in [5.41, 5.74) is 1.04. The van der Waals surface area contributed by atoms with Gasteiger partial charge in [-0.2, -0.15) is 0 Å². The lowest BCUT2D eigenvalue weighted by atomic mass is 10.00. The van der Waals surface area contributed by atoms with Crippen LogP contribution in [0.1, 0.15) is 5.01 Å². The molecule has 3 aromatic carbocycles. The lowest BCUT2D eigenvalue weighted by molar-refractivity contribution is 0.356. The first-order valence-electron chi connectivity index (χ1n) is 7.06. The second-order valence-electron chi connectivity index (χ2n) is 5.21. The number of rotatable bonds is 2.